The predicted octanol–water partition coefficient (Wildman–Crippen LogP) is 6.57. The molecule has 1 amide bonds. The average Bonchev–Trinajstić information content (AvgIpc) is 3.67. The van der Waals surface area contributed by atoms with Crippen LogP contribution in [0, 0.1) is 0 Å². The summed E-state index contributed by atoms with van der Waals surface area (Å²) in [6, 6.07) is 25.4. The van der Waals surface area contributed by atoms with Gasteiger partial charge in [-0.15, -0.1) is 0 Å². The quantitative estimate of drug-likeness (QED) is 0.288. The first-order valence-corrected chi connectivity index (χ1v) is 12.4. The molecule has 1 aromatic heterocycles. The minimum absolute atomic E-state index is 0.339. The van der Waals surface area contributed by atoms with E-state index in [0.717, 1.165) is 33.4 Å². The maximum atomic E-state index is 12.8. The van der Waals surface area contributed by atoms with E-state index < -0.39 is 17.5 Å². The van der Waals surface area contributed by atoms with Gasteiger partial charge in [-0.05, 0) is 47.1 Å². The Bertz CT molecular complexity index is 1410. The van der Waals surface area contributed by atoms with Crippen LogP contribution in [0.25, 0.3) is 22.3 Å². The molecule has 1 atom stereocenters. The van der Waals surface area contributed by atoms with E-state index in [4.69, 9.17) is 4.74 Å². The maximum Gasteiger partial charge on any atom is 0.413 e. The average molecular weight is 496 g/mol. The van der Waals surface area contributed by atoms with Crippen molar-refractivity contribution in [2.45, 2.75) is 37.7 Å². The second-order valence-corrected chi connectivity index (χ2v) is 9.41. The van der Waals surface area contributed by atoms with Gasteiger partial charge in [0, 0.05) is 12.6 Å². The fourth-order valence-electron chi connectivity index (χ4n) is 4.68. The lowest BCUT2D eigenvalue weighted by atomic mass is 9.93. The summed E-state index contributed by atoms with van der Waals surface area (Å²) in [5, 5.41) is 16.7. The Morgan fingerprint density at radius 3 is 2.14 bits per heavy atom. The summed E-state index contributed by atoms with van der Waals surface area (Å²) in [5.41, 5.74) is 4.82. The van der Waals surface area contributed by atoms with Gasteiger partial charge in [0.15, 0.2) is 0 Å². The van der Waals surface area contributed by atoms with Crippen molar-refractivity contribution >= 4 is 17.9 Å². The fourth-order valence-corrected chi connectivity index (χ4v) is 4.68. The van der Waals surface area contributed by atoms with Crippen molar-refractivity contribution in [2.75, 3.05) is 5.32 Å². The Kier molecular flexibility index (Phi) is 6.53. The molecule has 1 aliphatic carbocycles. The molecule has 1 heterocycles. The van der Waals surface area contributed by atoms with Gasteiger partial charge in [-0.25, -0.2) is 4.79 Å². The van der Waals surface area contributed by atoms with Crippen molar-refractivity contribution in [2.24, 2.45) is 7.05 Å². The minimum atomic E-state index is -0.750. The molecule has 188 valence electrons. The van der Waals surface area contributed by atoms with Gasteiger partial charge in [0.25, 0.3) is 0 Å². The Morgan fingerprint density at radius 2 is 1.57 bits per heavy atom. The number of nitrogens with one attached hydrogen (secondary N) is 1. The van der Waals surface area contributed by atoms with E-state index in [1.807, 2.05) is 85.8 Å². The summed E-state index contributed by atoms with van der Waals surface area (Å²) in [7, 11) is 1.77. The molecule has 0 saturated heterocycles. The lowest BCUT2D eigenvalue weighted by molar-refractivity contribution is -0.140. The van der Waals surface area contributed by atoms with E-state index in [1.54, 1.807) is 17.9 Å². The number of carbonyl (C=O) groups is 2. The van der Waals surface area contributed by atoms with Gasteiger partial charge in [0.1, 0.15) is 11.9 Å². The Hall–Kier alpha value is -4.39. The highest BCUT2D eigenvalue weighted by atomic mass is 16.6. The van der Waals surface area contributed by atoms with Crippen LogP contribution in [-0.2, 0) is 22.0 Å². The molecule has 4 aromatic rings. The number of ether oxygens (including phenoxy) is 1. The third-order valence-electron chi connectivity index (χ3n) is 7.08. The summed E-state index contributed by atoms with van der Waals surface area (Å²) in [6.07, 6.45) is 2.89. The molecule has 1 fully saturated rings. The molecule has 0 aliphatic heterocycles. The first-order chi connectivity index (χ1) is 17.9. The molecule has 3 aromatic carbocycles. The summed E-state index contributed by atoms with van der Waals surface area (Å²) in [5.74, 6) is -0.201. The van der Waals surface area contributed by atoms with E-state index >= 15 is 0 Å². The molecule has 1 aliphatic rings. The summed E-state index contributed by atoms with van der Waals surface area (Å²) in [6.45, 7) is 1.98. The van der Waals surface area contributed by atoms with Crippen LogP contribution in [0.1, 0.15) is 43.4 Å². The molecule has 0 radical (unpaired) electrons. The van der Waals surface area contributed by atoms with Crippen LogP contribution in [0.3, 0.4) is 0 Å². The molecule has 37 heavy (non-hydrogen) atoms. The van der Waals surface area contributed by atoms with Gasteiger partial charge < -0.3 is 9.84 Å². The van der Waals surface area contributed by atoms with Crippen molar-refractivity contribution in [3.63, 3.8) is 0 Å². The SMILES string of the molecule is CC[C@@H](OC(=O)Nc1c(-c2ccc(-c3ccc(C4(C(=O)O)CC4)cc3)cc2)cnn1C)c1ccccc1. The first kappa shape index (κ1) is 24.3. The highest BCUT2D eigenvalue weighted by Crippen LogP contribution is 2.48. The van der Waals surface area contributed by atoms with Crippen molar-refractivity contribution in [1.82, 2.24) is 9.78 Å². The lowest BCUT2D eigenvalue weighted by Crippen LogP contribution is -2.19. The molecule has 7 heteroatoms. The number of benzene rings is 3. The zero-order valence-corrected chi connectivity index (χ0v) is 20.8. The lowest BCUT2D eigenvalue weighted by Gasteiger charge is -2.17. The molecule has 7 nitrogen and oxygen atoms in total. The number of aryl methyl sites for hydroxylation is 1. The summed E-state index contributed by atoms with van der Waals surface area (Å²) >= 11 is 0. The zero-order valence-electron chi connectivity index (χ0n) is 20.8. The molecule has 0 spiro atoms. The Balaban J connectivity index is 1.31. The van der Waals surface area contributed by atoms with E-state index in [0.29, 0.717) is 25.1 Å². The van der Waals surface area contributed by atoms with E-state index in [1.165, 1.54) is 0 Å². The van der Waals surface area contributed by atoms with Crippen molar-refractivity contribution in [3.8, 4) is 22.3 Å². The van der Waals surface area contributed by atoms with Crippen LogP contribution in [0.15, 0.2) is 85.1 Å². The van der Waals surface area contributed by atoms with E-state index in [9.17, 15) is 14.7 Å². The van der Waals surface area contributed by atoms with Crippen molar-refractivity contribution < 1.29 is 19.4 Å². The van der Waals surface area contributed by atoms with Crippen LogP contribution < -0.4 is 5.32 Å². The second-order valence-electron chi connectivity index (χ2n) is 9.41. The second kappa shape index (κ2) is 9.93. The standard InChI is InChI=1S/C30H29N3O4/c1-3-26(23-7-5-4-6-8-23)37-29(36)32-27-25(19-31-33(27)2)22-11-9-20(10-12-22)21-13-15-24(16-14-21)30(17-18-30)28(34)35/h4-16,19,26H,3,17-18H2,1-2H3,(H,32,36)(H,34,35)/t26-/m1/s1. The molecule has 5 rings (SSSR count). The van der Waals surface area contributed by atoms with Crippen molar-refractivity contribution in [1.29, 1.82) is 0 Å². The number of carboxylic acids is 1. The van der Waals surface area contributed by atoms with Crippen LogP contribution in [0.2, 0.25) is 0 Å². The molecular weight excluding hydrogens is 466 g/mol. The number of aliphatic carboxylic acids is 1. The van der Waals surface area contributed by atoms with Gasteiger partial charge in [-0.3, -0.25) is 14.8 Å². The number of aromatic nitrogens is 2. The maximum absolute atomic E-state index is 12.8. The number of nitrogens with zero attached hydrogens (tertiary/aromatic N) is 2. The van der Waals surface area contributed by atoms with Gasteiger partial charge >= 0.3 is 12.1 Å². The van der Waals surface area contributed by atoms with E-state index in [-0.39, 0.29) is 6.10 Å². The number of carbonyl (C=O) groups excluding carboxylic acids is 1. The fraction of sp³-hybridized carbons (Fsp3) is 0.233. The minimum Gasteiger partial charge on any atom is -0.481 e. The number of hydrogen-bond donors (Lipinski definition) is 2. The highest BCUT2D eigenvalue weighted by Gasteiger charge is 2.51. The molecule has 0 unspecified atom stereocenters. The smallest absolute Gasteiger partial charge is 0.413 e. The molecule has 1 saturated carbocycles. The first-order valence-electron chi connectivity index (χ1n) is 12.4. The van der Waals surface area contributed by atoms with Crippen LogP contribution in [0.4, 0.5) is 10.6 Å². The Morgan fingerprint density at radius 1 is 0.973 bits per heavy atom. The molecular formula is C30H29N3O4. The van der Waals surface area contributed by atoms with Gasteiger partial charge in [0.2, 0.25) is 0 Å². The largest absolute Gasteiger partial charge is 0.481 e. The van der Waals surface area contributed by atoms with E-state index in [2.05, 4.69) is 10.4 Å². The van der Waals surface area contributed by atoms with Gasteiger partial charge in [0.05, 0.1) is 11.6 Å². The monoisotopic (exact) mass is 495 g/mol. The molecule has 2 N–H and O–H groups in total. The van der Waals surface area contributed by atoms with Crippen molar-refractivity contribution in [3.05, 3.63) is 96.2 Å². The summed E-state index contributed by atoms with van der Waals surface area (Å²) < 4.78 is 7.32. The number of carboxylic acid groups (broad SMARTS) is 1. The number of rotatable bonds is 8. The highest BCUT2D eigenvalue weighted by molar-refractivity contribution is 5.90. The molecule has 0 bridgehead atoms. The third kappa shape index (κ3) is 4.85. The van der Waals surface area contributed by atoms with Gasteiger partial charge in [-0.1, -0.05) is 85.8 Å². The third-order valence-corrected chi connectivity index (χ3v) is 7.08. The Labute approximate surface area is 215 Å². The van der Waals surface area contributed by atoms with Crippen LogP contribution >= 0.6 is 0 Å². The predicted molar refractivity (Wildman–Crippen MR) is 142 cm³/mol. The normalized spacial score (nSPS) is 14.5. The number of anilines is 1. The van der Waals surface area contributed by atoms with Crippen LogP contribution in [-0.4, -0.2) is 26.9 Å². The summed E-state index contributed by atoms with van der Waals surface area (Å²) in [4.78, 5) is 24.4. The topological polar surface area (TPSA) is 93.4 Å². The van der Waals surface area contributed by atoms with Crippen LogP contribution in [0.5, 0.6) is 0 Å². The number of hydrogen-bond acceptors (Lipinski definition) is 4. The van der Waals surface area contributed by atoms with Gasteiger partial charge in [-0.2, -0.15) is 5.10 Å². The number of amides is 1. The zero-order chi connectivity index (χ0) is 26.0.